The van der Waals surface area contributed by atoms with Gasteiger partial charge in [-0.25, -0.2) is 4.39 Å². The molecule has 0 aromatic heterocycles. The molecule has 100 valence electrons. The summed E-state index contributed by atoms with van der Waals surface area (Å²) in [6, 6.07) is 11.4. The van der Waals surface area contributed by atoms with E-state index in [0.29, 0.717) is 21.9 Å². The average Bonchev–Trinajstić information content (AvgIpc) is 2.38. The van der Waals surface area contributed by atoms with Crippen LogP contribution in [0, 0.1) is 5.82 Å². The number of ether oxygens (including phenoxy) is 1. The predicted octanol–water partition coefficient (Wildman–Crippen LogP) is 4.11. The fourth-order valence-corrected chi connectivity index (χ4v) is 1.93. The van der Waals surface area contributed by atoms with E-state index < -0.39 is 6.10 Å². The minimum absolute atomic E-state index is 0.105. The van der Waals surface area contributed by atoms with Crippen LogP contribution in [-0.2, 0) is 6.61 Å². The molecular weight excluding hydrogens is 267 g/mol. The second-order valence-corrected chi connectivity index (χ2v) is 4.67. The van der Waals surface area contributed by atoms with Crippen LogP contribution >= 0.6 is 11.6 Å². The van der Waals surface area contributed by atoms with Crippen molar-refractivity contribution >= 4 is 11.6 Å². The van der Waals surface area contributed by atoms with E-state index in [0.717, 1.165) is 0 Å². The Morgan fingerprint density at radius 1 is 1.26 bits per heavy atom. The lowest BCUT2D eigenvalue weighted by Crippen LogP contribution is -2.02. The number of aliphatic hydroxyl groups is 1. The smallest absolute Gasteiger partial charge is 0.129 e. The van der Waals surface area contributed by atoms with E-state index in [1.165, 1.54) is 6.07 Å². The lowest BCUT2D eigenvalue weighted by atomic mass is 10.1. The van der Waals surface area contributed by atoms with Crippen LogP contribution in [0.4, 0.5) is 4.39 Å². The fourth-order valence-electron chi connectivity index (χ4n) is 1.75. The van der Waals surface area contributed by atoms with Crippen molar-refractivity contribution in [2.75, 3.05) is 0 Å². The van der Waals surface area contributed by atoms with Gasteiger partial charge in [0.15, 0.2) is 0 Å². The standard InChI is InChI=1S/C15H14ClFO2/c1-10(18)13-8-12(16)6-7-15(13)19-9-11-4-2-3-5-14(11)17/h2-8,10,18H,9H2,1H3/t10-/m1/s1. The second-order valence-electron chi connectivity index (χ2n) is 4.24. The Morgan fingerprint density at radius 2 is 2.00 bits per heavy atom. The molecule has 1 atom stereocenters. The number of aliphatic hydroxyl groups excluding tert-OH is 1. The molecule has 0 bridgehead atoms. The van der Waals surface area contributed by atoms with Crippen molar-refractivity contribution < 1.29 is 14.2 Å². The van der Waals surface area contributed by atoms with Gasteiger partial charge in [0.25, 0.3) is 0 Å². The maximum Gasteiger partial charge on any atom is 0.129 e. The molecule has 2 aromatic rings. The van der Waals surface area contributed by atoms with Crippen LogP contribution in [0.1, 0.15) is 24.2 Å². The fraction of sp³-hybridized carbons (Fsp3) is 0.200. The van der Waals surface area contributed by atoms with Gasteiger partial charge in [0.05, 0.1) is 6.10 Å². The summed E-state index contributed by atoms with van der Waals surface area (Å²) in [6.45, 7) is 1.73. The minimum Gasteiger partial charge on any atom is -0.488 e. The predicted molar refractivity (Wildman–Crippen MR) is 72.8 cm³/mol. The Hall–Kier alpha value is -1.58. The first kappa shape index (κ1) is 13.8. The number of hydrogen-bond acceptors (Lipinski definition) is 2. The van der Waals surface area contributed by atoms with Gasteiger partial charge in [-0.2, -0.15) is 0 Å². The Kier molecular flexibility index (Phi) is 4.40. The molecule has 4 heteroatoms. The summed E-state index contributed by atoms with van der Waals surface area (Å²) in [5.41, 5.74) is 1.05. The summed E-state index contributed by atoms with van der Waals surface area (Å²) in [5.74, 6) is 0.192. The largest absolute Gasteiger partial charge is 0.488 e. The molecule has 0 radical (unpaired) electrons. The van der Waals surface area contributed by atoms with Crippen LogP contribution in [0.2, 0.25) is 5.02 Å². The van der Waals surface area contributed by atoms with Crippen molar-refractivity contribution in [2.45, 2.75) is 19.6 Å². The van der Waals surface area contributed by atoms with Gasteiger partial charge >= 0.3 is 0 Å². The zero-order chi connectivity index (χ0) is 13.8. The summed E-state index contributed by atoms with van der Waals surface area (Å²) >= 11 is 5.88. The summed E-state index contributed by atoms with van der Waals surface area (Å²) in [5, 5.41) is 10.2. The third-order valence-corrected chi connectivity index (χ3v) is 3.00. The molecule has 2 nitrogen and oxygen atoms in total. The van der Waals surface area contributed by atoms with Crippen molar-refractivity contribution in [3.8, 4) is 5.75 Å². The highest BCUT2D eigenvalue weighted by atomic mass is 35.5. The third-order valence-electron chi connectivity index (χ3n) is 2.76. The van der Waals surface area contributed by atoms with Gasteiger partial charge in [-0.05, 0) is 31.2 Å². The van der Waals surface area contributed by atoms with Crippen LogP contribution in [0.25, 0.3) is 0 Å². The van der Waals surface area contributed by atoms with Crippen LogP contribution in [0.15, 0.2) is 42.5 Å². The van der Waals surface area contributed by atoms with Crippen LogP contribution < -0.4 is 4.74 Å². The normalized spacial score (nSPS) is 12.2. The molecule has 0 amide bonds. The van der Waals surface area contributed by atoms with E-state index in [-0.39, 0.29) is 12.4 Å². The van der Waals surface area contributed by atoms with Crippen molar-refractivity contribution in [1.82, 2.24) is 0 Å². The maximum absolute atomic E-state index is 13.5. The molecular formula is C15H14ClFO2. The van der Waals surface area contributed by atoms with Crippen molar-refractivity contribution in [1.29, 1.82) is 0 Å². The van der Waals surface area contributed by atoms with Gasteiger partial charge in [-0.1, -0.05) is 29.8 Å². The minimum atomic E-state index is -0.700. The van der Waals surface area contributed by atoms with Gasteiger partial charge in [0.2, 0.25) is 0 Å². The number of rotatable bonds is 4. The quantitative estimate of drug-likeness (QED) is 0.913. The van der Waals surface area contributed by atoms with E-state index in [2.05, 4.69) is 0 Å². The second kappa shape index (κ2) is 6.04. The van der Waals surface area contributed by atoms with Gasteiger partial charge < -0.3 is 9.84 Å². The van der Waals surface area contributed by atoms with Crippen LogP contribution in [0.3, 0.4) is 0 Å². The van der Waals surface area contributed by atoms with Gasteiger partial charge in [0, 0.05) is 16.1 Å². The molecule has 0 heterocycles. The molecule has 19 heavy (non-hydrogen) atoms. The summed E-state index contributed by atoms with van der Waals surface area (Å²) in [4.78, 5) is 0. The highest BCUT2D eigenvalue weighted by molar-refractivity contribution is 6.30. The molecule has 0 aliphatic heterocycles. The van der Waals surface area contributed by atoms with Gasteiger partial charge in [0.1, 0.15) is 18.2 Å². The molecule has 0 aliphatic carbocycles. The van der Waals surface area contributed by atoms with Crippen LogP contribution in [0.5, 0.6) is 5.75 Å². The van der Waals surface area contributed by atoms with Gasteiger partial charge in [-0.15, -0.1) is 0 Å². The monoisotopic (exact) mass is 280 g/mol. The topological polar surface area (TPSA) is 29.5 Å². The summed E-state index contributed by atoms with van der Waals surface area (Å²) in [6.07, 6.45) is -0.700. The van der Waals surface area contributed by atoms with Crippen molar-refractivity contribution in [2.24, 2.45) is 0 Å². The Bertz CT molecular complexity index is 570. The number of halogens is 2. The van der Waals surface area contributed by atoms with Crippen molar-refractivity contribution in [3.05, 3.63) is 64.4 Å². The van der Waals surface area contributed by atoms with E-state index >= 15 is 0 Å². The summed E-state index contributed by atoms with van der Waals surface area (Å²) in [7, 11) is 0. The molecule has 1 N–H and O–H groups in total. The summed E-state index contributed by atoms with van der Waals surface area (Å²) < 4.78 is 19.0. The first-order chi connectivity index (χ1) is 9.08. The first-order valence-electron chi connectivity index (χ1n) is 5.91. The average molecular weight is 281 g/mol. The van der Waals surface area contributed by atoms with Gasteiger partial charge in [-0.3, -0.25) is 0 Å². The molecule has 0 spiro atoms. The number of hydrogen-bond donors (Lipinski definition) is 1. The molecule has 0 saturated heterocycles. The first-order valence-corrected chi connectivity index (χ1v) is 6.29. The highest BCUT2D eigenvalue weighted by Crippen LogP contribution is 2.29. The Labute approximate surface area is 116 Å². The SMILES string of the molecule is C[C@@H](O)c1cc(Cl)ccc1OCc1ccccc1F. The van der Waals surface area contributed by atoms with E-state index in [4.69, 9.17) is 16.3 Å². The lowest BCUT2D eigenvalue weighted by molar-refractivity contribution is 0.190. The molecule has 2 aromatic carbocycles. The third kappa shape index (κ3) is 3.46. The van der Waals surface area contributed by atoms with Crippen LogP contribution in [-0.4, -0.2) is 5.11 Å². The van der Waals surface area contributed by atoms with Crippen molar-refractivity contribution in [3.63, 3.8) is 0 Å². The van der Waals surface area contributed by atoms with E-state index in [1.54, 1.807) is 43.3 Å². The molecule has 0 fully saturated rings. The molecule has 0 saturated carbocycles. The molecule has 0 unspecified atom stereocenters. The molecule has 2 rings (SSSR count). The Balaban J connectivity index is 2.18. The molecule has 0 aliphatic rings. The highest BCUT2D eigenvalue weighted by Gasteiger charge is 2.11. The zero-order valence-electron chi connectivity index (χ0n) is 10.4. The lowest BCUT2D eigenvalue weighted by Gasteiger charge is -2.14. The number of benzene rings is 2. The Morgan fingerprint density at radius 3 is 2.68 bits per heavy atom. The zero-order valence-corrected chi connectivity index (χ0v) is 11.2. The van der Waals surface area contributed by atoms with E-state index in [1.807, 2.05) is 0 Å². The van der Waals surface area contributed by atoms with E-state index in [9.17, 15) is 9.50 Å². The maximum atomic E-state index is 13.5.